The Morgan fingerprint density at radius 1 is 1.20 bits per heavy atom. The van der Waals surface area contributed by atoms with Crippen LogP contribution in [0.25, 0.3) is 0 Å². The van der Waals surface area contributed by atoms with Gasteiger partial charge in [0.2, 0.25) is 5.95 Å². The highest BCUT2D eigenvalue weighted by Gasteiger charge is 2.02. The van der Waals surface area contributed by atoms with Crippen LogP contribution in [0.3, 0.4) is 0 Å². The van der Waals surface area contributed by atoms with E-state index in [4.69, 9.17) is 5.26 Å². The van der Waals surface area contributed by atoms with Crippen molar-refractivity contribution in [1.29, 1.82) is 5.26 Å². The van der Waals surface area contributed by atoms with E-state index in [0.29, 0.717) is 11.6 Å². The third-order valence-corrected chi connectivity index (χ3v) is 2.90. The minimum Gasteiger partial charge on any atom is -0.354 e. The lowest BCUT2D eigenvalue weighted by molar-refractivity contribution is 0.573. The molecular formula is C14H18N6. The summed E-state index contributed by atoms with van der Waals surface area (Å²) in [4.78, 5) is 8.36. The van der Waals surface area contributed by atoms with E-state index in [1.54, 1.807) is 6.07 Å². The van der Waals surface area contributed by atoms with E-state index < -0.39 is 0 Å². The van der Waals surface area contributed by atoms with Crippen LogP contribution in [0.1, 0.15) is 29.2 Å². The zero-order valence-corrected chi connectivity index (χ0v) is 12.0. The molecule has 0 saturated heterocycles. The summed E-state index contributed by atoms with van der Waals surface area (Å²) in [6.45, 7) is 7.49. The van der Waals surface area contributed by atoms with Gasteiger partial charge in [-0.3, -0.25) is 4.68 Å². The molecule has 0 spiro atoms. The predicted octanol–water partition coefficient (Wildman–Crippen LogP) is 1.97. The first-order valence-electron chi connectivity index (χ1n) is 6.59. The quantitative estimate of drug-likeness (QED) is 0.840. The maximum Gasteiger partial charge on any atom is 0.224 e. The molecule has 104 valence electrons. The summed E-state index contributed by atoms with van der Waals surface area (Å²) in [7, 11) is 0. The van der Waals surface area contributed by atoms with E-state index in [1.165, 1.54) is 5.69 Å². The van der Waals surface area contributed by atoms with Crippen LogP contribution < -0.4 is 5.32 Å². The molecule has 2 heterocycles. The second-order valence-corrected chi connectivity index (χ2v) is 4.76. The summed E-state index contributed by atoms with van der Waals surface area (Å²) < 4.78 is 1.99. The van der Waals surface area contributed by atoms with Crippen LogP contribution in [0.15, 0.2) is 12.1 Å². The Morgan fingerprint density at radius 2 is 2.00 bits per heavy atom. The number of aromatic nitrogens is 4. The molecule has 6 nitrogen and oxygen atoms in total. The number of nitriles is 1. The van der Waals surface area contributed by atoms with Gasteiger partial charge in [0.05, 0.1) is 5.69 Å². The van der Waals surface area contributed by atoms with E-state index >= 15 is 0 Å². The second-order valence-electron chi connectivity index (χ2n) is 4.76. The smallest absolute Gasteiger partial charge is 0.224 e. The molecule has 0 bridgehead atoms. The highest BCUT2D eigenvalue weighted by molar-refractivity contribution is 5.32. The minimum atomic E-state index is 0.388. The van der Waals surface area contributed by atoms with Crippen LogP contribution in [0.4, 0.5) is 5.95 Å². The number of nitrogens with one attached hydrogen (secondary N) is 1. The monoisotopic (exact) mass is 270 g/mol. The molecule has 0 aliphatic rings. The predicted molar refractivity (Wildman–Crippen MR) is 76.3 cm³/mol. The number of hydrogen-bond acceptors (Lipinski definition) is 5. The molecule has 2 aromatic heterocycles. The van der Waals surface area contributed by atoms with Gasteiger partial charge in [-0.1, -0.05) is 0 Å². The van der Waals surface area contributed by atoms with Gasteiger partial charge in [-0.15, -0.1) is 0 Å². The number of aryl methyl sites for hydroxylation is 4. The van der Waals surface area contributed by atoms with Gasteiger partial charge in [-0.2, -0.15) is 10.4 Å². The fourth-order valence-corrected chi connectivity index (χ4v) is 2.04. The lowest BCUT2D eigenvalue weighted by Crippen LogP contribution is -2.11. The molecule has 0 aromatic carbocycles. The lowest BCUT2D eigenvalue weighted by Gasteiger charge is -2.07. The standard InChI is InChI=1S/C14H18N6/c1-10-8-13(9-15)18-14(17-10)16-5-4-6-20-12(3)7-11(2)19-20/h7-8H,4-6H2,1-3H3,(H,16,17,18). The summed E-state index contributed by atoms with van der Waals surface area (Å²) in [5.74, 6) is 0.509. The number of nitrogens with zero attached hydrogens (tertiary/aromatic N) is 5. The Labute approximate surface area is 118 Å². The Kier molecular flexibility index (Phi) is 4.31. The van der Waals surface area contributed by atoms with Gasteiger partial charge in [0.1, 0.15) is 11.8 Å². The van der Waals surface area contributed by atoms with E-state index in [9.17, 15) is 0 Å². The van der Waals surface area contributed by atoms with Crippen molar-refractivity contribution in [2.75, 3.05) is 11.9 Å². The van der Waals surface area contributed by atoms with Crippen molar-refractivity contribution in [3.05, 3.63) is 34.9 Å². The lowest BCUT2D eigenvalue weighted by atomic mass is 10.3. The van der Waals surface area contributed by atoms with E-state index in [2.05, 4.69) is 33.4 Å². The number of anilines is 1. The van der Waals surface area contributed by atoms with Crippen molar-refractivity contribution in [3.8, 4) is 6.07 Å². The first kappa shape index (κ1) is 14.0. The van der Waals surface area contributed by atoms with Crippen molar-refractivity contribution in [2.24, 2.45) is 0 Å². The van der Waals surface area contributed by atoms with Gasteiger partial charge in [0.25, 0.3) is 0 Å². The molecule has 0 fully saturated rings. The van der Waals surface area contributed by atoms with Crippen molar-refractivity contribution in [1.82, 2.24) is 19.7 Å². The Balaban J connectivity index is 1.86. The molecule has 1 N–H and O–H groups in total. The fourth-order valence-electron chi connectivity index (χ4n) is 2.04. The van der Waals surface area contributed by atoms with E-state index in [0.717, 1.165) is 30.9 Å². The van der Waals surface area contributed by atoms with Crippen LogP contribution in [0.5, 0.6) is 0 Å². The van der Waals surface area contributed by atoms with Gasteiger partial charge >= 0.3 is 0 Å². The highest BCUT2D eigenvalue weighted by Crippen LogP contribution is 2.05. The molecule has 0 unspecified atom stereocenters. The third kappa shape index (κ3) is 3.54. The maximum absolute atomic E-state index is 8.86. The fraction of sp³-hybridized carbons (Fsp3) is 0.429. The molecule has 2 aromatic rings. The highest BCUT2D eigenvalue weighted by atomic mass is 15.3. The van der Waals surface area contributed by atoms with E-state index in [1.807, 2.05) is 24.6 Å². The summed E-state index contributed by atoms with van der Waals surface area (Å²) in [5, 5.41) is 16.4. The molecule has 0 aliphatic heterocycles. The minimum absolute atomic E-state index is 0.388. The van der Waals surface area contributed by atoms with Crippen LogP contribution in [0.2, 0.25) is 0 Å². The average molecular weight is 270 g/mol. The van der Waals surface area contributed by atoms with Crippen LogP contribution in [-0.4, -0.2) is 26.3 Å². The first-order chi connectivity index (χ1) is 9.58. The van der Waals surface area contributed by atoms with Crippen molar-refractivity contribution in [3.63, 3.8) is 0 Å². The zero-order valence-electron chi connectivity index (χ0n) is 12.0. The van der Waals surface area contributed by atoms with Gasteiger partial charge in [0.15, 0.2) is 0 Å². The molecular weight excluding hydrogens is 252 g/mol. The zero-order chi connectivity index (χ0) is 14.5. The topological polar surface area (TPSA) is 79.4 Å². The summed E-state index contributed by atoms with van der Waals surface area (Å²) >= 11 is 0. The van der Waals surface area contributed by atoms with Gasteiger partial charge in [0, 0.05) is 24.5 Å². The number of rotatable bonds is 5. The van der Waals surface area contributed by atoms with Crippen molar-refractivity contribution >= 4 is 5.95 Å². The SMILES string of the molecule is Cc1cc(C#N)nc(NCCCn2nc(C)cc2C)n1. The third-order valence-electron chi connectivity index (χ3n) is 2.90. The van der Waals surface area contributed by atoms with Crippen LogP contribution >= 0.6 is 0 Å². The molecule has 0 amide bonds. The van der Waals surface area contributed by atoms with Crippen molar-refractivity contribution < 1.29 is 0 Å². The van der Waals surface area contributed by atoms with Crippen LogP contribution in [-0.2, 0) is 6.54 Å². The summed E-state index contributed by atoms with van der Waals surface area (Å²) in [6.07, 6.45) is 0.918. The Morgan fingerprint density at radius 3 is 2.65 bits per heavy atom. The molecule has 20 heavy (non-hydrogen) atoms. The molecule has 6 heteroatoms. The van der Waals surface area contributed by atoms with Crippen LogP contribution in [0, 0.1) is 32.1 Å². The van der Waals surface area contributed by atoms with E-state index in [-0.39, 0.29) is 0 Å². The normalized spacial score (nSPS) is 10.3. The van der Waals surface area contributed by atoms with Gasteiger partial charge < -0.3 is 5.32 Å². The first-order valence-corrected chi connectivity index (χ1v) is 6.59. The maximum atomic E-state index is 8.86. The average Bonchev–Trinajstić information content (AvgIpc) is 2.72. The molecule has 2 rings (SSSR count). The Bertz CT molecular complexity index is 638. The van der Waals surface area contributed by atoms with Crippen molar-refractivity contribution in [2.45, 2.75) is 33.7 Å². The largest absolute Gasteiger partial charge is 0.354 e. The molecule has 0 radical (unpaired) electrons. The summed E-state index contributed by atoms with van der Waals surface area (Å²) in [6, 6.07) is 5.76. The number of hydrogen-bond donors (Lipinski definition) is 1. The van der Waals surface area contributed by atoms with Gasteiger partial charge in [-0.25, -0.2) is 9.97 Å². The Hall–Kier alpha value is -2.42. The molecule has 0 aliphatic carbocycles. The second kappa shape index (κ2) is 6.15. The summed E-state index contributed by atoms with van der Waals surface area (Å²) in [5.41, 5.74) is 3.38. The van der Waals surface area contributed by atoms with Gasteiger partial charge in [-0.05, 0) is 39.3 Å². The molecule has 0 saturated carbocycles. The molecule has 0 atom stereocenters.